The van der Waals surface area contributed by atoms with Crippen molar-refractivity contribution in [2.75, 3.05) is 11.8 Å². The number of ether oxygens (including phenoxy) is 1. The highest BCUT2D eigenvalue weighted by Crippen LogP contribution is 2.22. The van der Waals surface area contributed by atoms with E-state index in [2.05, 4.69) is 10.0 Å². The number of carbonyl (C=O) groups excluding carboxylic acids is 1. The van der Waals surface area contributed by atoms with Gasteiger partial charge in [0.25, 0.3) is 15.9 Å². The van der Waals surface area contributed by atoms with E-state index in [-0.39, 0.29) is 10.8 Å². The molecule has 3 rings (SSSR count). The summed E-state index contributed by atoms with van der Waals surface area (Å²) >= 11 is 5.81. The molecule has 3 aromatic rings. The van der Waals surface area contributed by atoms with Gasteiger partial charge in [-0.3, -0.25) is 9.52 Å². The zero-order chi connectivity index (χ0) is 21.7. The molecule has 156 valence electrons. The molecule has 8 heteroatoms. The van der Waals surface area contributed by atoms with Crippen molar-refractivity contribution >= 4 is 33.2 Å². The fraction of sp³-hybridized carbons (Fsp3) is 0.136. The van der Waals surface area contributed by atoms with Crippen molar-refractivity contribution in [2.45, 2.75) is 18.4 Å². The highest BCUT2D eigenvalue weighted by Gasteiger charge is 2.16. The molecule has 3 aromatic carbocycles. The molecule has 0 unspecified atom stereocenters. The van der Waals surface area contributed by atoms with Gasteiger partial charge in [0.1, 0.15) is 5.75 Å². The van der Waals surface area contributed by atoms with Crippen molar-refractivity contribution < 1.29 is 17.9 Å². The number of anilines is 1. The van der Waals surface area contributed by atoms with Crippen LogP contribution in [0.2, 0.25) is 5.02 Å². The first-order valence-electron chi connectivity index (χ1n) is 9.08. The van der Waals surface area contributed by atoms with E-state index in [4.69, 9.17) is 16.3 Å². The second-order valence-electron chi connectivity index (χ2n) is 6.62. The Morgan fingerprint density at radius 2 is 1.77 bits per heavy atom. The molecule has 1 amide bonds. The van der Waals surface area contributed by atoms with Crippen LogP contribution in [0.4, 0.5) is 5.69 Å². The van der Waals surface area contributed by atoms with Crippen molar-refractivity contribution in [2.24, 2.45) is 0 Å². The Morgan fingerprint density at radius 3 is 2.43 bits per heavy atom. The summed E-state index contributed by atoms with van der Waals surface area (Å²) in [6.07, 6.45) is 0. The van der Waals surface area contributed by atoms with Gasteiger partial charge in [0.15, 0.2) is 0 Å². The molecule has 0 spiro atoms. The van der Waals surface area contributed by atoms with E-state index in [0.717, 1.165) is 11.3 Å². The Hall–Kier alpha value is -3.03. The fourth-order valence-electron chi connectivity index (χ4n) is 2.80. The molecule has 0 radical (unpaired) electrons. The maximum atomic E-state index is 12.6. The molecular weight excluding hydrogens is 424 g/mol. The number of amides is 1. The number of benzene rings is 3. The molecule has 6 nitrogen and oxygen atoms in total. The molecule has 0 atom stereocenters. The SMILES string of the molecule is COc1cccc(CNC(=O)c2ccc(NS(=O)(=O)c3ccc(Cl)cc3)c(C)c2)c1. The number of nitrogens with one attached hydrogen (secondary N) is 2. The van der Waals surface area contributed by atoms with Gasteiger partial charge in [-0.15, -0.1) is 0 Å². The van der Waals surface area contributed by atoms with Crippen LogP contribution in [0.1, 0.15) is 21.5 Å². The van der Waals surface area contributed by atoms with Gasteiger partial charge >= 0.3 is 0 Å². The molecular formula is C22H21ClN2O4S. The predicted molar refractivity (Wildman–Crippen MR) is 118 cm³/mol. The van der Waals surface area contributed by atoms with Crippen molar-refractivity contribution in [3.63, 3.8) is 0 Å². The standard InChI is InChI=1S/C22H21ClN2O4S/c1-15-12-17(22(26)24-14-16-4-3-5-19(13-16)29-2)6-11-21(15)25-30(27,28)20-9-7-18(23)8-10-20/h3-13,25H,14H2,1-2H3,(H,24,26). The van der Waals surface area contributed by atoms with Crippen LogP contribution in [-0.2, 0) is 16.6 Å². The minimum absolute atomic E-state index is 0.103. The summed E-state index contributed by atoms with van der Waals surface area (Å²) in [6.45, 7) is 2.08. The second-order valence-corrected chi connectivity index (χ2v) is 8.74. The molecule has 30 heavy (non-hydrogen) atoms. The van der Waals surface area contributed by atoms with E-state index < -0.39 is 10.0 Å². The summed E-state index contributed by atoms with van der Waals surface area (Å²) in [5, 5.41) is 3.30. The van der Waals surface area contributed by atoms with Gasteiger partial charge in [-0.1, -0.05) is 23.7 Å². The number of halogens is 1. The Labute approximate surface area is 180 Å². The van der Waals surface area contributed by atoms with E-state index in [1.54, 1.807) is 32.2 Å². The Kier molecular flexibility index (Phi) is 6.64. The van der Waals surface area contributed by atoms with Crippen LogP contribution in [-0.4, -0.2) is 21.4 Å². The predicted octanol–water partition coefficient (Wildman–Crippen LogP) is 4.39. The largest absolute Gasteiger partial charge is 0.497 e. The maximum absolute atomic E-state index is 12.6. The summed E-state index contributed by atoms with van der Waals surface area (Å²) in [4.78, 5) is 12.6. The van der Waals surface area contributed by atoms with Gasteiger partial charge in [-0.25, -0.2) is 8.42 Å². The molecule has 0 fully saturated rings. The van der Waals surface area contributed by atoms with Crippen LogP contribution < -0.4 is 14.8 Å². The molecule has 2 N–H and O–H groups in total. The third kappa shape index (κ3) is 5.31. The van der Waals surface area contributed by atoms with Crippen LogP contribution in [0.5, 0.6) is 5.75 Å². The molecule has 0 aliphatic rings. The van der Waals surface area contributed by atoms with Crippen LogP contribution in [0, 0.1) is 6.92 Å². The van der Waals surface area contributed by atoms with Crippen LogP contribution >= 0.6 is 11.6 Å². The first-order valence-corrected chi connectivity index (χ1v) is 10.9. The number of carbonyl (C=O) groups is 1. The van der Waals surface area contributed by atoms with Crippen molar-refractivity contribution in [1.82, 2.24) is 5.32 Å². The molecule has 0 bridgehead atoms. The monoisotopic (exact) mass is 444 g/mol. The zero-order valence-corrected chi connectivity index (χ0v) is 18.0. The summed E-state index contributed by atoms with van der Waals surface area (Å²) in [7, 11) is -2.17. The Bertz CT molecular complexity index is 1160. The Morgan fingerprint density at radius 1 is 1.03 bits per heavy atom. The lowest BCUT2D eigenvalue weighted by Crippen LogP contribution is -2.23. The number of hydrogen-bond acceptors (Lipinski definition) is 4. The molecule has 0 saturated heterocycles. The van der Waals surface area contributed by atoms with Gasteiger partial charge < -0.3 is 10.1 Å². The third-order valence-electron chi connectivity index (χ3n) is 4.44. The van der Waals surface area contributed by atoms with Gasteiger partial charge in [0, 0.05) is 17.1 Å². The average molecular weight is 445 g/mol. The van der Waals surface area contributed by atoms with E-state index >= 15 is 0 Å². The van der Waals surface area contributed by atoms with Gasteiger partial charge in [-0.05, 0) is 72.6 Å². The van der Waals surface area contributed by atoms with Gasteiger partial charge in [0.05, 0.1) is 17.7 Å². The molecule has 0 heterocycles. The normalized spacial score (nSPS) is 11.0. The van der Waals surface area contributed by atoms with Gasteiger partial charge in [0.2, 0.25) is 0 Å². The van der Waals surface area contributed by atoms with Crippen molar-refractivity contribution in [3.05, 3.63) is 88.4 Å². The summed E-state index contributed by atoms with van der Waals surface area (Å²) in [6, 6.07) is 18.1. The molecule has 0 aromatic heterocycles. The molecule has 0 saturated carbocycles. The summed E-state index contributed by atoms with van der Waals surface area (Å²) < 4.78 is 32.8. The average Bonchev–Trinajstić information content (AvgIpc) is 2.73. The number of rotatable bonds is 7. The smallest absolute Gasteiger partial charge is 0.261 e. The van der Waals surface area contributed by atoms with E-state index in [9.17, 15) is 13.2 Å². The summed E-state index contributed by atoms with van der Waals surface area (Å²) in [5.41, 5.74) is 2.37. The lowest BCUT2D eigenvalue weighted by Gasteiger charge is -2.12. The summed E-state index contributed by atoms with van der Waals surface area (Å²) in [5.74, 6) is 0.461. The quantitative estimate of drug-likeness (QED) is 0.566. The topological polar surface area (TPSA) is 84.5 Å². The fourth-order valence-corrected chi connectivity index (χ4v) is 4.06. The third-order valence-corrected chi connectivity index (χ3v) is 6.08. The minimum Gasteiger partial charge on any atom is -0.497 e. The molecule has 0 aliphatic heterocycles. The lowest BCUT2D eigenvalue weighted by atomic mass is 10.1. The van der Waals surface area contributed by atoms with E-state index in [1.165, 1.54) is 24.3 Å². The number of sulfonamides is 1. The number of aryl methyl sites for hydroxylation is 1. The highest BCUT2D eigenvalue weighted by atomic mass is 35.5. The Balaban J connectivity index is 1.69. The maximum Gasteiger partial charge on any atom is 0.261 e. The first-order chi connectivity index (χ1) is 14.3. The van der Waals surface area contributed by atoms with E-state index in [0.29, 0.717) is 28.4 Å². The lowest BCUT2D eigenvalue weighted by molar-refractivity contribution is 0.0951. The molecule has 0 aliphatic carbocycles. The first kappa shape index (κ1) is 21.7. The van der Waals surface area contributed by atoms with Crippen LogP contribution in [0.3, 0.4) is 0 Å². The number of hydrogen-bond donors (Lipinski definition) is 2. The van der Waals surface area contributed by atoms with Crippen LogP contribution in [0.15, 0.2) is 71.6 Å². The van der Waals surface area contributed by atoms with Gasteiger partial charge in [-0.2, -0.15) is 0 Å². The minimum atomic E-state index is -3.76. The second kappa shape index (κ2) is 9.19. The van der Waals surface area contributed by atoms with Crippen LogP contribution in [0.25, 0.3) is 0 Å². The van der Waals surface area contributed by atoms with Crippen molar-refractivity contribution in [1.29, 1.82) is 0 Å². The zero-order valence-electron chi connectivity index (χ0n) is 16.5. The van der Waals surface area contributed by atoms with Crippen molar-refractivity contribution in [3.8, 4) is 5.75 Å². The van der Waals surface area contributed by atoms with E-state index in [1.807, 2.05) is 24.3 Å². The highest BCUT2D eigenvalue weighted by molar-refractivity contribution is 7.92. The number of methoxy groups -OCH3 is 1.